The zero-order valence-electron chi connectivity index (χ0n) is 14.1. The molecule has 1 aliphatic carbocycles. The molecule has 1 aromatic rings. The Morgan fingerprint density at radius 1 is 1.35 bits per heavy atom. The van der Waals surface area contributed by atoms with Crippen LogP contribution in [0.5, 0.6) is 0 Å². The summed E-state index contributed by atoms with van der Waals surface area (Å²) in [7, 11) is 0. The fourth-order valence-corrected chi connectivity index (χ4v) is 2.69. The van der Waals surface area contributed by atoms with Gasteiger partial charge in [-0.2, -0.15) is 0 Å². The number of furan rings is 1. The molecule has 1 heterocycles. The molecule has 0 unspecified atom stereocenters. The summed E-state index contributed by atoms with van der Waals surface area (Å²) in [6.07, 6.45) is 9.14. The first kappa shape index (κ1) is 20.3. The topological polar surface area (TPSA) is 58.8 Å². The zero-order valence-corrected chi connectivity index (χ0v) is 16.4. The summed E-state index contributed by atoms with van der Waals surface area (Å²) in [5.41, 5.74) is 0. The smallest absolute Gasteiger partial charge is 0.191 e. The lowest BCUT2D eigenvalue weighted by molar-refractivity contribution is 0.105. The molecule has 0 radical (unpaired) electrons. The first-order chi connectivity index (χ1) is 10.9. The summed E-state index contributed by atoms with van der Waals surface area (Å²) in [5, 5.41) is 6.88. The third-order valence-electron chi connectivity index (χ3n) is 3.83. The minimum absolute atomic E-state index is 0. The summed E-state index contributed by atoms with van der Waals surface area (Å²) in [6, 6.07) is 4.39. The van der Waals surface area contributed by atoms with E-state index < -0.39 is 0 Å². The lowest BCUT2D eigenvalue weighted by atomic mass is 9.96. The van der Waals surface area contributed by atoms with E-state index in [-0.39, 0.29) is 24.0 Å². The fourth-order valence-electron chi connectivity index (χ4n) is 2.69. The van der Waals surface area contributed by atoms with Crippen molar-refractivity contribution in [2.24, 2.45) is 4.99 Å². The predicted molar refractivity (Wildman–Crippen MR) is 104 cm³/mol. The Morgan fingerprint density at radius 3 is 2.87 bits per heavy atom. The Labute approximate surface area is 156 Å². The van der Waals surface area contributed by atoms with Gasteiger partial charge in [-0.1, -0.05) is 19.3 Å². The van der Waals surface area contributed by atoms with Gasteiger partial charge in [0.1, 0.15) is 12.4 Å². The van der Waals surface area contributed by atoms with Crippen molar-refractivity contribution in [2.75, 3.05) is 19.7 Å². The molecule has 0 bridgehead atoms. The van der Waals surface area contributed by atoms with Crippen molar-refractivity contribution in [1.29, 1.82) is 0 Å². The third-order valence-corrected chi connectivity index (χ3v) is 3.83. The molecular weight excluding hydrogens is 405 g/mol. The number of nitrogens with zero attached hydrogens (tertiary/aromatic N) is 1. The molecule has 1 aliphatic rings. The second-order valence-corrected chi connectivity index (χ2v) is 5.73. The molecule has 5 nitrogen and oxygen atoms in total. The number of aliphatic imine (C=N–C) groups is 1. The first-order valence-electron chi connectivity index (χ1n) is 8.53. The van der Waals surface area contributed by atoms with Crippen LogP contribution in [0.2, 0.25) is 0 Å². The molecule has 23 heavy (non-hydrogen) atoms. The largest absolute Gasteiger partial charge is 0.467 e. The maximum atomic E-state index is 5.57. The molecule has 0 aromatic carbocycles. The molecule has 1 saturated carbocycles. The summed E-state index contributed by atoms with van der Waals surface area (Å²) >= 11 is 0. The van der Waals surface area contributed by atoms with Crippen LogP contribution in [0.3, 0.4) is 0 Å². The zero-order chi connectivity index (χ0) is 15.5. The Morgan fingerprint density at radius 2 is 2.17 bits per heavy atom. The highest BCUT2D eigenvalue weighted by atomic mass is 127. The minimum atomic E-state index is 0. The van der Waals surface area contributed by atoms with E-state index in [4.69, 9.17) is 9.15 Å². The van der Waals surface area contributed by atoms with Gasteiger partial charge in [0, 0.05) is 25.7 Å². The number of hydrogen-bond acceptors (Lipinski definition) is 3. The molecule has 132 valence electrons. The van der Waals surface area contributed by atoms with E-state index in [9.17, 15) is 0 Å². The molecule has 0 spiro atoms. The van der Waals surface area contributed by atoms with Gasteiger partial charge in [0.2, 0.25) is 0 Å². The Kier molecular flexibility index (Phi) is 11.1. The van der Waals surface area contributed by atoms with Crippen molar-refractivity contribution >= 4 is 29.9 Å². The van der Waals surface area contributed by atoms with Crippen LogP contribution < -0.4 is 10.6 Å². The van der Waals surface area contributed by atoms with Crippen LogP contribution in [-0.2, 0) is 11.3 Å². The summed E-state index contributed by atoms with van der Waals surface area (Å²) in [5.74, 6) is 1.82. The first-order valence-corrected chi connectivity index (χ1v) is 8.53. The SMILES string of the molecule is CCNC(=NCCCOCc1ccco1)NC1CCCCC1.I. The van der Waals surface area contributed by atoms with Gasteiger partial charge in [-0.15, -0.1) is 24.0 Å². The highest BCUT2D eigenvalue weighted by Gasteiger charge is 2.14. The monoisotopic (exact) mass is 435 g/mol. The Hall–Kier alpha value is -0.760. The number of hydrogen-bond donors (Lipinski definition) is 2. The second kappa shape index (κ2) is 12.6. The lowest BCUT2D eigenvalue weighted by Crippen LogP contribution is -2.44. The van der Waals surface area contributed by atoms with Gasteiger partial charge in [-0.25, -0.2) is 0 Å². The van der Waals surface area contributed by atoms with Gasteiger partial charge >= 0.3 is 0 Å². The van der Waals surface area contributed by atoms with E-state index >= 15 is 0 Å². The highest BCUT2D eigenvalue weighted by Crippen LogP contribution is 2.17. The van der Waals surface area contributed by atoms with Gasteiger partial charge < -0.3 is 19.8 Å². The molecular formula is C17H30IN3O2. The van der Waals surface area contributed by atoms with Crippen LogP contribution in [0.15, 0.2) is 27.8 Å². The number of nitrogens with one attached hydrogen (secondary N) is 2. The normalized spacial score (nSPS) is 16.0. The van der Waals surface area contributed by atoms with Crippen molar-refractivity contribution in [1.82, 2.24) is 10.6 Å². The standard InChI is InChI=1S/C17H29N3O2.HI/c1-2-18-17(20-15-8-4-3-5-9-15)19-11-7-12-21-14-16-10-6-13-22-16;/h6,10,13,15H,2-5,7-9,11-12,14H2,1H3,(H2,18,19,20);1H. The average Bonchev–Trinajstić information content (AvgIpc) is 3.05. The van der Waals surface area contributed by atoms with Gasteiger partial charge in [-0.05, 0) is 38.3 Å². The molecule has 2 rings (SSSR count). The minimum Gasteiger partial charge on any atom is -0.467 e. The maximum Gasteiger partial charge on any atom is 0.191 e. The molecule has 0 saturated heterocycles. The molecule has 6 heteroatoms. The molecule has 1 fully saturated rings. The van der Waals surface area contributed by atoms with Crippen molar-refractivity contribution in [3.63, 3.8) is 0 Å². The second-order valence-electron chi connectivity index (χ2n) is 5.73. The number of ether oxygens (including phenoxy) is 1. The Bertz CT molecular complexity index is 417. The molecule has 2 N–H and O–H groups in total. The van der Waals surface area contributed by atoms with Crippen LogP contribution in [0.25, 0.3) is 0 Å². The van der Waals surface area contributed by atoms with Crippen molar-refractivity contribution in [3.05, 3.63) is 24.2 Å². The van der Waals surface area contributed by atoms with Crippen LogP contribution >= 0.6 is 24.0 Å². The summed E-state index contributed by atoms with van der Waals surface area (Å²) < 4.78 is 10.8. The van der Waals surface area contributed by atoms with Crippen molar-refractivity contribution in [3.8, 4) is 0 Å². The quantitative estimate of drug-likeness (QED) is 0.283. The van der Waals surface area contributed by atoms with Crippen LogP contribution in [0.4, 0.5) is 0 Å². The number of rotatable bonds is 8. The van der Waals surface area contributed by atoms with Crippen LogP contribution in [0, 0.1) is 0 Å². The summed E-state index contributed by atoms with van der Waals surface area (Å²) in [6.45, 7) is 5.02. The average molecular weight is 435 g/mol. The third kappa shape index (κ3) is 8.60. The van der Waals surface area contributed by atoms with E-state index in [1.165, 1.54) is 32.1 Å². The molecule has 0 atom stereocenters. The van der Waals surface area contributed by atoms with E-state index in [2.05, 4.69) is 22.5 Å². The van der Waals surface area contributed by atoms with E-state index in [0.29, 0.717) is 19.3 Å². The van der Waals surface area contributed by atoms with E-state index in [1.807, 2.05) is 12.1 Å². The van der Waals surface area contributed by atoms with Gasteiger partial charge in [0.05, 0.1) is 6.26 Å². The van der Waals surface area contributed by atoms with E-state index in [1.54, 1.807) is 6.26 Å². The number of halogens is 1. The Balaban J connectivity index is 0.00000264. The van der Waals surface area contributed by atoms with Crippen LogP contribution in [-0.4, -0.2) is 31.7 Å². The molecule has 1 aromatic heterocycles. The summed E-state index contributed by atoms with van der Waals surface area (Å²) in [4.78, 5) is 4.63. The van der Waals surface area contributed by atoms with E-state index in [0.717, 1.165) is 31.2 Å². The predicted octanol–water partition coefficient (Wildman–Crippen LogP) is 3.69. The number of guanidine groups is 1. The molecule has 0 amide bonds. The fraction of sp³-hybridized carbons (Fsp3) is 0.706. The maximum absolute atomic E-state index is 5.57. The van der Waals surface area contributed by atoms with Crippen molar-refractivity contribution < 1.29 is 9.15 Å². The molecule has 0 aliphatic heterocycles. The van der Waals surface area contributed by atoms with Gasteiger partial charge in [-0.3, -0.25) is 4.99 Å². The van der Waals surface area contributed by atoms with Crippen LogP contribution in [0.1, 0.15) is 51.2 Å². The highest BCUT2D eigenvalue weighted by molar-refractivity contribution is 14.0. The van der Waals surface area contributed by atoms with Crippen molar-refractivity contribution in [2.45, 2.75) is 58.1 Å². The van der Waals surface area contributed by atoms with Gasteiger partial charge in [0.25, 0.3) is 0 Å². The van der Waals surface area contributed by atoms with Gasteiger partial charge in [0.15, 0.2) is 5.96 Å². The lowest BCUT2D eigenvalue weighted by Gasteiger charge is -2.24.